The monoisotopic (exact) mass is 349 g/mol. The molecule has 0 spiro atoms. The molecule has 0 atom stereocenters. The van der Waals surface area contributed by atoms with Gasteiger partial charge in [-0.2, -0.15) is 15.0 Å². The third-order valence-corrected chi connectivity index (χ3v) is 4.17. The van der Waals surface area contributed by atoms with Crippen molar-refractivity contribution in [3.8, 4) is 0 Å². The van der Waals surface area contributed by atoms with Crippen LogP contribution < -0.4 is 11.1 Å². The van der Waals surface area contributed by atoms with Crippen LogP contribution in [0.3, 0.4) is 0 Å². The number of para-hydroxylation sites is 1. The Kier molecular flexibility index (Phi) is 6.01. The molecule has 3 rings (SSSR count). The lowest BCUT2D eigenvalue weighted by Gasteiger charge is -2.06. The number of hydrogen-bond acceptors (Lipinski definition) is 6. The van der Waals surface area contributed by atoms with Crippen LogP contribution in [0, 0.1) is 0 Å². The lowest BCUT2D eigenvalue weighted by Crippen LogP contribution is -2.06. The van der Waals surface area contributed by atoms with Crippen molar-refractivity contribution in [2.75, 3.05) is 16.8 Å². The van der Waals surface area contributed by atoms with Crippen LogP contribution in [0.25, 0.3) is 6.08 Å². The first kappa shape index (κ1) is 17.0. The van der Waals surface area contributed by atoms with Crippen molar-refractivity contribution in [2.45, 2.75) is 5.75 Å². The van der Waals surface area contributed by atoms with Crippen LogP contribution >= 0.6 is 11.8 Å². The Hall–Kier alpha value is -2.86. The highest BCUT2D eigenvalue weighted by atomic mass is 32.2. The Balaban J connectivity index is 1.54. The highest BCUT2D eigenvalue weighted by Crippen LogP contribution is 2.15. The van der Waals surface area contributed by atoms with Crippen LogP contribution in [-0.2, 0) is 5.75 Å². The molecule has 0 amide bonds. The second kappa shape index (κ2) is 8.84. The average Bonchev–Trinajstić information content (AvgIpc) is 2.63. The second-order valence-electron chi connectivity index (χ2n) is 5.25. The number of benzene rings is 2. The largest absolute Gasteiger partial charge is 0.368 e. The van der Waals surface area contributed by atoms with E-state index in [9.17, 15) is 0 Å². The zero-order valence-electron chi connectivity index (χ0n) is 13.7. The van der Waals surface area contributed by atoms with Gasteiger partial charge < -0.3 is 11.1 Å². The Morgan fingerprint density at radius 2 is 1.64 bits per heavy atom. The van der Waals surface area contributed by atoms with Crippen molar-refractivity contribution in [1.29, 1.82) is 0 Å². The number of nitrogens with two attached hydrogens (primary N) is 1. The SMILES string of the molecule is Nc1nc(CSC/C=C/c2ccccc2)nc(Nc2ccccc2)n1. The van der Waals surface area contributed by atoms with Gasteiger partial charge in [0.2, 0.25) is 11.9 Å². The molecule has 25 heavy (non-hydrogen) atoms. The van der Waals surface area contributed by atoms with Gasteiger partial charge in [0, 0.05) is 11.4 Å². The predicted octanol–water partition coefficient (Wildman–Crippen LogP) is 4.14. The lowest BCUT2D eigenvalue weighted by molar-refractivity contribution is 0.983. The van der Waals surface area contributed by atoms with Crippen molar-refractivity contribution in [3.63, 3.8) is 0 Å². The quantitative estimate of drug-likeness (QED) is 0.624. The zero-order chi connectivity index (χ0) is 17.3. The maximum atomic E-state index is 5.79. The third-order valence-electron chi connectivity index (χ3n) is 3.28. The molecule has 1 aromatic heterocycles. The molecule has 0 fully saturated rings. The molecule has 0 saturated carbocycles. The number of anilines is 3. The molecule has 1 heterocycles. The Labute approximate surface area is 151 Å². The first-order valence-electron chi connectivity index (χ1n) is 7.91. The van der Waals surface area contributed by atoms with Gasteiger partial charge in [0.1, 0.15) is 5.82 Å². The van der Waals surface area contributed by atoms with Gasteiger partial charge in [-0.25, -0.2) is 0 Å². The number of aromatic nitrogens is 3. The summed E-state index contributed by atoms with van der Waals surface area (Å²) in [5.74, 6) is 2.92. The molecule has 0 saturated heterocycles. The van der Waals surface area contributed by atoms with E-state index in [4.69, 9.17) is 5.73 Å². The summed E-state index contributed by atoms with van der Waals surface area (Å²) >= 11 is 1.73. The molecular formula is C19H19N5S. The molecule has 6 heteroatoms. The summed E-state index contributed by atoms with van der Waals surface area (Å²) in [6.07, 6.45) is 4.24. The minimum atomic E-state index is 0.226. The molecule has 2 aromatic carbocycles. The summed E-state index contributed by atoms with van der Waals surface area (Å²) < 4.78 is 0. The Morgan fingerprint density at radius 3 is 2.40 bits per heavy atom. The number of nitrogens with zero attached hydrogens (tertiary/aromatic N) is 3. The molecule has 0 bridgehead atoms. The van der Waals surface area contributed by atoms with E-state index in [1.807, 2.05) is 48.5 Å². The van der Waals surface area contributed by atoms with Gasteiger partial charge in [0.05, 0.1) is 5.75 Å². The average molecular weight is 349 g/mol. The fraction of sp³-hybridized carbons (Fsp3) is 0.105. The predicted molar refractivity (Wildman–Crippen MR) is 106 cm³/mol. The van der Waals surface area contributed by atoms with Crippen molar-refractivity contribution >= 4 is 35.4 Å². The summed E-state index contributed by atoms with van der Waals surface area (Å²) in [5, 5.41) is 3.14. The topological polar surface area (TPSA) is 76.7 Å². The molecule has 0 aliphatic rings. The second-order valence-corrected chi connectivity index (χ2v) is 6.28. The smallest absolute Gasteiger partial charge is 0.232 e. The van der Waals surface area contributed by atoms with Crippen LogP contribution in [0.2, 0.25) is 0 Å². The van der Waals surface area contributed by atoms with Gasteiger partial charge in [-0.05, 0) is 17.7 Å². The van der Waals surface area contributed by atoms with Crippen LogP contribution in [-0.4, -0.2) is 20.7 Å². The van der Waals surface area contributed by atoms with E-state index >= 15 is 0 Å². The fourth-order valence-electron chi connectivity index (χ4n) is 2.18. The van der Waals surface area contributed by atoms with E-state index < -0.39 is 0 Å². The number of nitrogens with one attached hydrogen (secondary N) is 1. The molecule has 3 aromatic rings. The molecule has 0 aliphatic heterocycles. The number of thioether (sulfide) groups is 1. The minimum absolute atomic E-state index is 0.226. The van der Waals surface area contributed by atoms with Crippen molar-refractivity contribution in [2.24, 2.45) is 0 Å². The molecule has 3 N–H and O–H groups in total. The minimum Gasteiger partial charge on any atom is -0.368 e. The van der Waals surface area contributed by atoms with Crippen molar-refractivity contribution in [1.82, 2.24) is 15.0 Å². The molecule has 5 nitrogen and oxygen atoms in total. The number of nitrogen functional groups attached to an aromatic ring is 1. The summed E-state index contributed by atoms with van der Waals surface area (Å²) in [6.45, 7) is 0. The first-order chi connectivity index (χ1) is 12.3. The third kappa shape index (κ3) is 5.61. The highest BCUT2D eigenvalue weighted by Gasteiger charge is 2.04. The van der Waals surface area contributed by atoms with Crippen LogP contribution in [0.15, 0.2) is 66.7 Å². The van der Waals surface area contributed by atoms with Crippen LogP contribution in [0.4, 0.5) is 17.6 Å². The molecule has 0 aliphatic carbocycles. The summed E-state index contributed by atoms with van der Waals surface area (Å²) in [6, 6.07) is 20.0. The summed E-state index contributed by atoms with van der Waals surface area (Å²) in [4.78, 5) is 12.8. The summed E-state index contributed by atoms with van der Waals surface area (Å²) in [7, 11) is 0. The van der Waals surface area contributed by atoms with Gasteiger partial charge in [-0.15, -0.1) is 11.8 Å². The Bertz CT molecular complexity index is 822. The highest BCUT2D eigenvalue weighted by molar-refractivity contribution is 7.98. The lowest BCUT2D eigenvalue weighted by atomic mass is 10.2. The molecular weight excluding hydrogens is 330 g/mol. The maximum absolute atomic E-state index is 5.79. The number of rotatable bonds is 7. The van der Waals surface area contributed by atoms with E-state index in [-0.39, 0.29) is 5.95 Å². The standard InChI is InChI=1S/C19H19N5S/c20-18-22-17(14-25-13-7-10-15-8-3-1-4-9-15)23-19(24-18)21-16-11-5-2-6-12-16/h1-12H,13-14H2,(H3,20,21,22,23,24)/b10-7+. The van der Waals surface area contributed by atoms with E-state index in [1.165, 1.54) is 5.56 Å². The summed E-state index contributed by atoms with van der Waals surface area (Å²) in [5.41, 5.74) is 7.90. The van der Waals surface area contributed by atoms with E-state index in [0.29, 0.717) is 17.5 Å². The molecule has 0 unspecified atom stereocenters. The van der Waals surface area contributed by atoms with Crippen LogP contribution in [0.5, 0.6) is 0 Å². The maximum Gasteiger partial charge on any atom is 0.232 e. The van der Waals surface area contributed by atoms with Gasteiger partial charge in [0.15, 0.2) is 0 Å². The Morgan fingerprint density at radius 1 is 0.920 bits per heavy atom. The zero-order valence-corrected chi connectivity index (χ0v) is 14.5. The normalized spacial score (nSPS) is 10.9. The molecule has 126 valence electrons. The van der Waals surface area contributed by atoms with Crippen molar-refractivity contribution < 1.29 is 0 Å². The first-order valence-corrected chi connectivity index (χ1v) is 9.07. The van der Waals surface area contributed by atoms with E-state index in [2.05, 4.69) is 44.6 Å². The van der Waals surface area contributed by atoms with Crippen molar-refractivity contribution in [3.05, 3.63) is 78.1 Å². The molecule has 0 radical (unpaired) electrons. The van der Waals surface area contributed by atoms with Gasteiger partial charge in [-0.1, -0.05) is 60.7 Å². The van der Waals surface area contributed by atoms with Gasteiger partial charge in [0.25, 0.3) is 0 Å². The van der Waals surface area contributed by atoms with E-state index in [0.717, 1.165) is 11.4 Å². The van der Waals surface area contributed by atoms with E-state index in [1.54, 1.807) is 11.8 Å². The van der Waals surface area contributed by atoms with Gasteiger partial charge in [-0.3, -0.25) is 0 Å². The fourth-order valence-corrected chi connectivity index (χ4v) is 2.84. The van der Waals surface area contributed by atoms with Gasteiger partial charge >= 0.3 is 0 Å². The number of hydrogen-bond donors (Lipinski definition) is 2. The van der Waals surface area contributed by atoms with Crippen LogP contribution in [0.1, 0.15) is 11.4 Å².